The SMILES string of the molecule is OC1CCN(c2cc(NCc3ccc(-c4ccccn4)cc3)n3ncc(C4CC4)c3n2)CC1. The van der Waals surface area contributed by atoms with E-state index in [2.05, 4.69) is 50.6 Å². The van der Waals surface area contributed by atoms with Gasteiger partial charge in [0.1, 0.15) is 11.6 Å². The molecule has 0 spiro atoms. The third kappa shape index (κ3) is 4.16. The highest BCUT2D eigenvalue weighted by molar-refractivity contribution is 5.63. The second-order valence-electron chi connectivity index (χ2n) is 9.09. The lowest BCUT2D eigenvalue weighted by Gasteiger charge is -2.30. The van der Waals surface area contributed by atoms with E-state index in [1.807, 2.05) is 35.1 Å². The highest BCUT2D eigenvalue weighted by Gasteiger charge is 2.29. The fourth-order valence-electron chi connectivity index (χ4n) is 4.55. The van der Waals surface area contributed by atoms with Gasteiger partial charge in [0.2, 0.25) is 0 Å². The van der Waals surface area contributed by atoms with E-state index < -0.39 is 0 Å². The van der Waals surface area contributed by atoms with E-state index in [1.54, 1.807) is 0 Å². The van der Waals surface area contributed by atoms with Crippen LogP contribution in [0.4, 0.5) is 11.6 Å². The summed E-state index contributed by atoms with van der Waals surface area (Å²) in [6, 6.07) is 16.6. The summed E-state index contributed by atoms with van der Waals surface area (Å²) in [5.41, 5.74) is 5.48. The van der Waals surface area contributed by atoms with Crippen LogP contribution in [0.1, 0.15) is 42.7 Å². The Morgan fingerprint density at radius 2 is 1.82 bits per heavy atom. The molecule has 1 aliphatic carbocycles. The third-order valence-corrected chi connectivity index (χ3v) is 6.68. The van der Waals surface area contributed by atoms with E-state index in [4.69, 9.17) is 4.98 Å². The number of anilines is 2. The lowest BCUT2D eigenvalue weighted by molar-refractivity contribution is 0.145. The van der Waals surface area contributed by atoms with Gasteiger partial charge in [0.05, 0.1) is 18.0 Å². The molecule has 4 aromatic rings. The Morgan fingerprint density at radius 1 is 1.00 bits per heavy atom. The van der Waals surface area contributed by atoms with Crippen LogP contribution in [-0.4, -0.2) is 43.9 Å². The van der Waals surface area contributed by atoms with Gasteiger partial charge >= 0.3 is 0 Å². The number of rotatable bonds is 6. The van der Waals surface area contributed by atoms with Crippen molar-refractivity contribution in [2.24, 2.45) is 0 Å². The third-order valence-electron chi connectivity index (χ3n) is 6.68. The molecular weight excluding hydrogens is 412 g/mol. The molecule has 2 N–H and O–H groups in total. The van der Waals surface area contributed by atoms with Gasteiger partial charge in [-0.3, -0.25) is 4.98 Å². The number of hydrogen-bond donors (Lipinski definition) is 2. The summed E-state index contributed by atoms with van der Waals surface area (Å²) in [5, 5.41) is 18.2. The molecule has 1 saturated carbocycles. The monoisotopic (exact) mass is 440 g/mol. The van der Waals surface area contributed by atoms with Gasteiger partial charge in [-0.25, -0.2) is 4.98 Å². The maximum absolute atomic E-state index is 9.92. The molecule has 33 heavy (non-hydrogen) atoms. The van der Waals surface area contributed by atoms with Crippen LogP contribution in [0.5, 0.6) is 0 Å². The smallest absolute Gasteiger partial charge is 0.163 e. The first-order valence-corrected chi connectivity index (χ1v) is 11.8. The molecule has 1 aliphatic heterocycles. The number of nitrogens with zero attached hydrogens (tertiary/aromatic N) is 5. The van der Waals surface area contributed by atoms with E-state index in [9.17, 15) is 5.11 Å². The van der Waals surface area contributed by atoms with Gasteiger partial charge in [0.25, 0.3) is 0 Å². The molecule has 4 heterocycles. The fourth-order valence-corrected chi connectivity index (χ4v) is 4.55. The molecule has 7 nitrogen and oxygen atoms in total. The first-order valence-electron chi connectivity index (χ1n) is 11.8. The van der Waals surface area contributed by atoms with Gasteiger partial charge in [-0.2, -0.15) is 9.61 Å². The molecular formula is C26H28N6O. The standard InChI is InChI=1S/C26H28N6O/c33-21-10-13-31(14-11-21)25-15-24(32-26(30-25)22(17-29-32)19-8-9-19)28-16-18-4-6-20(7-5-18)23-3-1-2-12-27-23/h1-7,12,15,17,19,21,28,33H,8-11,13-14,16H2. The Hall–Kier alpha value is -3.45. The van der Waals surface area contributed by atoms with Crippen molar-refractivity contribution in [3.05, 3.63) is 72.1 Å². The molecule has 2 fully saturated rings. The number of pyridine rings is 1. The molecule has 3 aromatic heterocycles. The number of nitrogens with one attached hydrogen (secondary N) is 1. The molecule has 1 aromatic carbocycles. The van der Waals surface area contributed by atoms with Crippen molar-refractivity contribution in [2.75, 3.05) is 23.3 Å². The Bertz CT molecular complexity index is 1240. The zero-order valence-corrected chi connectivity index (χ0v) is 18.6. The van der Waals surface area contributed by atoms with Gasteiger partial charge in [0, 0.05) is 43.0 Å². The lowest BCUT2D eigenvalue weighted by Crippen LogP contribution is -2.36. The largest absolute Gasteiger partial charge is 0.393 e. The van der Waals surface area contributed by atoms with Crippen molar-refractivity contribution in [1.82, 2.24) is 19.6 Å². The van der Waals surface area contributed by atoms with Crippen molar-refractivity contribution in [2.45, 2.75) is 44.2 Å². The van der Waals surface area contributed by atoms with Gasteiger partial charge in [-0.1, -0.05) is 30.3 Å². The maximum Gasteiger partial charge on any atom is 0.163 e. The minimum Gasteiger partial charge on any atom is -0.393 e. The first-order chi connectivity index (χ1) is 16.2. The van der Waals surface area contributed by atoms with Crippen LogP contribution in [0.2, 0.25) is 0 Å². The molecule has 6 rings (SSSR count). The highest BCUT2D eigenvalue weighted by atomic mass is 16.3. The van der Waals surface area contributed by atoms with Gasteiger partial charge in [0.15, 0.2) is 5.65 Å². The van der Waals surface area contributed by atoms with E-state index in [-0.39, 0.29) is 6.10 Å². The summed E-state index contributed by atoms with van der Waals surface area (Å²) in [5.74, 6) is 2.49. The molecule has 168 valence electrons. The van der Waals surface area contributed by atoms with E-state index in [0.29, 0.717) is 12.5 Å². The summed E-state index contributed by atoms with van der Waals surface area (Å²) < 4.78 is 1.94. The number of aliphatic hydroxyl groups excluding tert-OH is 1. The van der Waals surface area contributed by atoms with Crippen molar-refractivity contribution < 1.29 is 5.11 Å². The van der Waals surface area contributed by atoms with E-state index >= 15 is 0 Å². The molecule has 0 radical (unpaired) electrons. The summed E-state index contributed by atoms with van der Waals surface area (Å²) in [7, 11) is 0. The zero-order chi connectivity index (χ0) is 22.2. The number of aromatic nitrogens is 4. The predicted molar refractivity (Wildman–Crippen MR) is 129 cm³/mol. The quantitative estimate of drug-likeness (QED) is 0.467. The zero-order valence-electron chi connectivity index (χ0n) is 18.6. The summed E-state index contributed by atoms with van der Waals surface area (Å²) >= 11 is 0. The number of hydrogen-bond acceptors (Lipinski definition) is 6. The minimum absolute atomic E-state index is 0.200. The normalized spacial score (nSPS) is 16.9. The summed E-state index contributed by atoms with van der Waals surface area (Å²) in [6.07, 6.45) is 7.60. The Kier molecular flexibility index (Phi) is 5.19. The number of benzene rings is 1. The van der Waals surface area contributed by atoms with Crippen LogP contribution in [-0.2, 0) is 6.54 Å². The van der Waals surface area contributed by atoms with E-state index in [0.717, 1.165) is 54.5 Å². The summed E-state index contributed by atoms with van der Waals surface area (Å²) in [4.78, 5) is 11.7. The van der Waals surface area contributed by atoms with Crippen molar-refractivity contribution in [1.29, 1.82) is 0 Å². The predicted octanol–water partition coefficient (Wildman–Crippen LogP) is 4.24. The molecule has 0 amide bonds. The van der Waals surface area contributed by atoms with Crippen LogP contribution in [0.3, 0.4) is 0 Å². The number of fused-ring (bicyclic) bond motifs is 1. The number of piperidine rings is 1. The molecule has 1 saturated heterocycles. The lowest BCUT2D eigenvalue weighted by atomic mass is 10.1. The average Bonchev–Trinajstić information content (AvgIpc) is 3.62. The van der Waals surface area contributed by atoms with Gasteiger partial charge < -0.3 is 15.3 Å². The molecule has 0 bridgehead atoms. The molecule has 0 atom stereocenters. The fraction of sp³-hybridized carbons (Fsp3) is 0.346. The van der Waals surface area contributed by atoms with Crippen LogP contribution in [0.15, 0.2) is 60.9 Å². The van der Waals surface area contributed by atoms with Gasteiger partial charge in [-0.05, 0) is 49.3 Å². The van der Waals surface area contributed by atoms with Crippen LogP contribution in [0, 0.1) is 0 Å². The van der Waals surface area contributed by atoms with Crippen LogP contribution >= 0.6 is 0 Å². The van der Waals surface area contributed by atoms with Crippen molar-refractivity contribution in [3.63, 3.8) is 0 Å². The second-order valence-corrected chi connectivity index (χ2v) is 9.09. The second kappa shape index (κ2) is 8.48. The topological polar surface area (TPSA) is 78.6 Å². The van der Waals surface area contributed by atoms with E-state index in [1.165, 1.54) is 24.0 Å². The molecule has 0 unspecified atom stereocenters. The van der Waals surface area contributed by atoms with Crippen molar-refractivity contribution in [3.8, 4) is 11.3 Å². The Morgan fingerprint density at radius 3 is 2.55 bits per heavy atom. The summed E-state index contributed by atoms with van der Waals surface area (Å²) in [6.45, 7) is 2.34. The van der Waals surface area contributed by atoms with Gasteiger partial charge in [-0.15, -0.1) is 0 Å². The average molecular weight is 441 g/mol. The Balaban J connectivity index is 1.26. The molecule has 7 heteroatoms. The number of aliphatic hydroxyl groups is 1. The minimum atomic E-state index is -0.200. The maximum atomic E-state index is 9.92. The van der Waals surface area contributed by atoms with Crippen LogP contribution < -0.4 is 10.2 Å². The highest BCUT2D eigenvalue weighted by Crippen LogP contribution is 2.42. The first kappa shape index (κ1) is 20.2. The Labute approximate surface area is 193 Å². The van der Waals surface area contributed by atoms with Crippen molar-refractivity contribution >= 4 is 17.3 Å². The van der Waals surface area contributed by atoms with Crippen LogP contribution in [0.25, 0.3) is 16.9 Å². The molecule has 2 aliphatic rings.